The van der Waals surface area contributed by atoms with Crippen molar-refractivity contribution in [1.29, 1.82) is 0 Å². The van der Waals surface area contributed by atoms with Gasteiger partial charge in [-0.1, -0.05) is 28.1 Å². The molecule has 0 saturated heterocycles. The summed E-state index contributed by atoms with van der Waals surface area (Å²) in [5.41, 5.74) is 1.52. The summed E-state index contributed by atoms with van der Waals surface area (Å²) in [4.78, 5) is 22.8. The van der Waals surface area contributed by atoms with Crippen molar-refractivity contribution in [3.05, 3.63) is 69.8 Å². The number of hydrogen-bond donors (Lipinski definition) is 0. The third kappa shape index (κ3) is 4.80. The van der Waals surface area contributed by atoms with Crippen molar-refractivity contribution >= 4 is 39.3 Å². The van der Waals surface area contributed by atoms with Crippen molar-refractivity contribution in [3.8, 4) is 0 Å². The number of nitro benzene ring substituents is 1. The van der Waals surface area contributed by atoms with Gasteiger partial charge in [-0.25, -0.2) is 0 Å². The van der Waals surface area contributed by atoms with E-state index in [1.165, 1.54) is 12.1 Å². The van der Waals surface area contributed by atoms with E-state index >= 15 is 0 Å². The predicted octanol–water partition coefficient (Wildman–Crippen LogP) is 4.50. The smallest absolute Gasteiger partial charge is 0.324 e. The molecular formula is C16H14BrNO4S. The molecule has 0 aliphatic carbocycles. The molecule has 0 aliphatic heterocycles. The third-order valence-corrected chi connectivity index (χ3v) is 4.79. The van der Waals surface area contributed by atoms with E-state index in [0.29, 0.717) is 5.56 Å². The van der Waals surface area contributed by atoms with Gasteiger partial charge in [-0.3, -0.25) is 14.9 Å². The van der Waals surface area contributed by atoms with Crippen LogP contribution in [0.15, 0.2) is 53.4 Å². The highest BCUT2D eigenvalue weighted by atomic mass is 79.9. The standard InChI is InChI=1S/C16H14BrNO4S/c1-23-14-8-4-12(5-9-14)15(17)16(19)22-10-11-2-6-13(7-3-11)18(20)21/h2-9,15H,10H2,1H3. The van der Waals surface area contributed by atoms with Crippen LogP contribution in [-0.4, -0.2) is 17.1 Å². The van der Waals surface area contributed by atoms with Gasteiger partial charge in [0, 0.05) is 17.0 Å². The van der Waals surface area contributed by atoms with Crippen LogP contribution in [0.3, 0.4) is 0 Å². The van der Waals surface area contributed by atoms with Gasteiger partial charge in [0.2, 0.25) is 0 Å². The van der Waals surface area contributed by atoms with Gasteiger partial charge in [0.25, 0.3) is 5.69 Å². The normalized spacial score (nSPS) is 11.7. The number of rotatable bonds is 6. The lowest BCUT2D eigenvalue weighted by Crippen LogP contribution is -2.11. The molecule has 23 heavy (non-hydrogen) atoms. The van der Waals surface area contributed by atoms with Crippen molar-refractivity contribution in [2.45, 2.75) is 16.3 Å². The molecule has 0 N–H and O–H groups in total. The Hall–Kier alpha value is -1.86. The molecule has 0 spiro atoms. The number of benzene rings is 2. The average Bonchev–Trinajstić information content (AvgIpc) is 2.59. The van der Waals surface area contributed by atoms with Crippen LogP contribution in [0.25, 0.3) is 0 Å². The zero-order valence-corrected chi connectivity index (χ0v) is 14.7. The lowest BCUT2D eigenvalue weighted by atomic mass is 10.1. The van der Waals surface area contributed by atoms with Gasteiger partial charge in [0.05, 0.1) is 4.92 Å². The van der Waals surface area contributed by atoms with E-state index < -0.39 is 15.7 Å². The molecule has 2 aromatic rings. The molecule has 0 fully saturated rings. The summed E-state index contributed by atoms with van der Waals surface area (Å²) in [5.74, 6) is -0.403. The fourth-order valence-corrected chi connectivity index (χ4v) is 2.70. The third-order valence-electron chi connectivity index (χ3n) is 3.14. The summed E-state index contributed by atoms with van der Waals surface area (Å²) in [5, 5.41) is 10.6. The fourth-order valence-electron chi connectivity index (χ4n) is 1.85. The molecule has 0 saturated carbocycles. The number of carbonyl (C=O) groups is 1. The van der Waals surface area contributed by atoms with E-state index in [0.717, 1.165) is 10.5 Å². The highest BCUT2D eigenvalue weighted by Crippen LogP contribution is 2.26. The van der Waals surface area contributed by atoms with Crippen LogP contribution in [0.2, 0.25) is 0 Å². The first-order chi connectivity index (χ1) is 11.0. The van der Waals surface area contributed by atoms with Crippen LogP contribution in [0.4, 0.5) is 5.69 Å². The number of nitro groups is 1. The number of carbonyl (C=O) groups excluding carboxylic acids is 1. The highest BCUT2D eigenvalue weighted by molar-refractivity contribution is 9.09. The summed E-state index contributed by atoms with van der Waals surface area (Å²) < 4.78 is 5.24. The van der Waals surface area contributed by atoms with Gasteiger partial charge in [-0.05, 0) is 41.6 Å². The van der Waals surface area contributed by atoms with Crippen molar-refractivity contribution in [2.24, 2.45) is 0 Å². The lowest BCUT2D eigenvalue weighted by molar-refractivity contribution is -0.384. The largest absolute Gasteiger partial charge is 0.460 e. The monoisotopic (exact) mass is 395 g/mol. The maximum atomic E-state index is 12.1. The average molecular weight is 396 g/mol. The van der Waals surface area contributed by atoms with Gasteiger partial charge in [0.15, 0.2) is 0 Å². The summed E-state index contributed by atoms with van der Waals surface area (Å²) in [6.45, 7) is 0.0713. The van der Waals surface area contributed by atoms with Crippen molar-refractivity contribution in [2.75, 3.05) is 6.26 Å². The Morgan fingerprint density at radius 3 is 2.35 bits per heavy atom. The van der Waals surface area contributed by atoms with Gasteiger partial charge >= 0.3 is 5.97 Å². The number of hydrogen-bond acceptors (Lipinski definition) is 5. The summed E-state index contributed by atoms with van der Waals surface area (Å²) in [6, 6.07) is 13.5. The molecule has 0 aliphatic rings. The number of non-ortho nitro benzene ring substituents is 1. The predicted molar refractivity (Wildman–Crippen MR) is 92.8 cm³/mol. The Labute approximate surface area is 146 Å². The summed E-state index contributed by atoms with van der Waals surface area (Å²) in [7, 11) is 0. The zero-order chi connectivity index (χ0) is 16.8. The molecule has 0 bridgehead atoms. The first kappa shape index (κ1) is 17.5. The lowest BCUT2D eigenvalue weighted by Gasteiger charge is -2.11. The van der Waals surface area contributed by atoms with Crippen LogP contribution in [-0.2, 0) is 16.1 Å². The first-order valence-electron chi connectivity index (χ1n) is 6.69. The van der Waals surface area contributed by atoms with Crippen LogP contribution in [0, 0.1) is 10.1 Å². The van der Waals surface area contributed by atoms with Crippen LogP contribution in [0.1, 0.15) is 16.0 Å². The SMILES string of the molecule is CSc1ccc(C(Br)C(=O)OCc2ccc([N+](=O)[O-])cc2)cc1. The number of halogens is 1. The van der Waals surface area contributed by atoms with Crippen molar-refractivity contribution < 1.29 is 14.5 Å². The Bertz CT molecular complexity index is 688. The topological polar surface area (TPSA) is 69.4 Å². The van der Waals surface area contributed by atoms with E-state index in [-0.39, 0.29) is 12.3 Å². The number of esters is 1. The van der Waals surface area contributed by atoms with E-state index in [4.69, 9.17) is 4.74 Å². The Balaban J connectivity index is 1.93. The second-order valence-corrected chi connectivity index (χ2v) is 6.46. The van der Waals surface area contributed by atoms with Gasteiger partial charge < -0.3 is 4.74 Å². The maximum absolute atomic E-state index is 12.1. The van der Waals surface area contributed by atoms with E-state index in [2.05, 4.69) is 15.9 Å². The number of nitrogens with zero attached hydrogens (tertiary/aromatic N) is 1. The Kier molecular flexibility index (Phi) is 6.18. The first-order valence-corrected chi connectivity index (χ1v) is 8.83. The van der Waals surface area contributed by atoms with Gasteiger partial charge in [0.1, 0.15) is 11.4 Å². The molecule has 0 radical (unpaired) electrons. The van der Waals surface area contributed by atoms with Gasteiger partial charge in [-0.2, -0.15) is 0 Å². The van der Waals surface area contributed by atoms with Crippen LogP contribution >= 0.6 is 27.7 Å². The highest BCUT2D eigenvalue weighted by Gasteiger charge is 2.19. The number of alkyl halides is 1. The van der Waals surface area contributed by atoms with E-state index in [1.54, 1.807) is 23.9 Å². The summed E-state index contributed by atoms with van der Waals surface area (Å²) >= 11 is 4.96. The van der Waals surface area contributed by atoms with Crippen LogP contribution < -0.4 is 0 Å². The molecule has 0 aromatic heterocycles. The number of thioether (sulfide) groups is 1. The molecule has 1 unspecified atom stereocenters. The minimum absolute atomic E-state index is 0.00679. The van der Waals surface area contributed by atoms with Gasteiger partial charge in [-0.15, -0.1) is 11.8 Å². The van der Waals surface area contributed by atoms with E-state index in [1.807, 2.05) is 30.5 Å². The maximum Gasteiger partial charge on any atom is 0.324 e. The molecule has 0 amide bonds. The quantitative estimate of drug-likeness (QED) is 0.237. The second-order valence-electron chi connectivity index (χ2n) is 4.67. The van der Waals surface area contributed by atoms with Crippen molar-refractivity contribution in [1.82, 2.24) is 0 Å². The molecule has 0 heterocycles. The molecule has 2 aromatic carbocycles. The minimum atomic E-state index is -0.545. The molecular weight excluding hydrogens is 382 g/mol. The zero-order valence-electron chi connectivity index (χ0n) is 12.3. The summed E-state index contributed by atoms with van der Waals surface area (Å²) in [6.07, 6.45) is 1.99. The fraction of sp³-hybridized carbons (Fsp3) is 0.188. The minimum Gasteiger partial charge on any atom is -0.460 e. The van der Waals surface area contributed by atoms with E-state index in [9.17, 15) is 14.9 Å². The molecule has 5 nitrogen and oxygen atoms in total. The molecule has 2 rings (SSSR count). The second kappa shape index (κ2) is 8.12. The Morgan fingerprint density at radius 1 is 1.22 bits per heavy atom. The molecule has 1 atom stereocenters. The molecule has 7 heteroatoms. The number of ether oxygens (including phenoxy) is 1. The molecule has 120 valence electrons. The Morgan fingerprint density at radius 2 is 1.83 bits per heavy atom. The van der Waals surface area contributed by atoms with Crippen molar-refractivity contribution in [3.63, 3.8) is 0 Å². The van der Waals surface area contributed by atoms with Crippen LogP contribution in [0.5, 0.6) is 0 Å².